The summed E-state index contributed by atoms with van der Waals surface area (Å²) in [7, 11) is 1.79. The number of amides is 1. The topological polar surface area (TPSA) is 52.7 Å². The standard InChI is InChI=1S/C13H25N3O2/c1-12(17)5-3-4-6-15-7-9-16(10-8-15)13(18)11-14-2/h14H,3-11H2,1-2H3. The number of Topliss-reactive ketones (excluding diaryl/α,β-unsaturated/α-hetero) is 1. The number of nitrogens with one attached hydrogen (secondary N) is 1. The first-order chi connectivity index (χ1) is 8.63. The summed E-state index contributed by atoms with van der Waals surface area (Å²) in [6, 6.07) is 0. The van der Waals surface area contributed by atoms with Crippen molar-refractivity contribution in [1.82, 2.24) is 15.1 Å². The highest BCUT2D eigenvalue weighted by Crippen LogP contribution is 2.05. The number of likely N-dealkylation sites (N-methyl/N-ethyl adjacent to an activating group) is 1. The van der Waals surface area contributed by atoms with E-state index in [2.05, 4.69) is 10.2 Å². The minimum absolute atomic E-state index is 0.189. The molecule has 0 radical (unpaired) electrons. The second-order valence-corrected chi connectivity index (χ2v) is 4.91. The molecule has 0 aromatic rings. The molecule has 5 heteroatoms. The van der Waals surface area contributed by atoms with Gasteiger partial charge in [0.25, 0.3) is 0 Å². The Balaban J connectivity index is 2.11. The number of rotatable bonds is 7. The van der Waals surface area contributed by atoms with E-state index in [1.807, 2.05) is 4.90 Å². The molecule has 1 saturated heterocycles. The molecule has 0 atom stereocenters. The Bertz CT molecular complexity index is 273. The molecule has 1 aliphatic heterocycles. The fourth-order valence-electron chi connectivity index (χ4n) is 2.19. The van der Waals surface area contributed by atoms with Crippen LogP contribution in [0.2, 0.25) is 0 Å². The van der Waals surface area contributed by atoms with E-state index in [9.17, 15) is 9.59 Å². The molecule has 0 aromatic carbocycles. The SMILES string of the molecule is CNCC(=O)N1CCN(CCCCC(C)=O)CC1. The molecule has 1 rings (SSSR count). The van der Waals surface area contributed by atoms with Crippen LogP contribution in [0.25, 0.3) is 0 Å². The lowest BCUT2D eigenvalue weighted by molar-refractivity contribution is -0.131. The van der Waals surface area contributed by atoms with E-state index >= 15 is 0 Å². The molecule has 1 heterocycles. The van der Waals surface area contributed by atoms with Crippen molar-refractivity contribution in [3.05, 3.63) is 0 Å². The lowest BCUT2D eigenvalue weighted by Gasteiger charge is -2.34. The summed E-state index contributed by atoms with van der Waals surface area (Å²) in [6.45, 7) is 6.68. The predicted octanol–water partition coefficient (Wildman–Crippen LogP) is 0.109. The van der Waals surface area contributed by atoms with Crippen molar-refractivity contribution >= 4 is 11.7 Å². The second kappa shape index (κ2) is 8.21. The molecule has 0 unspecified atom stereocenters. The van der Waals surface area contributed by atoms with Crippen molar-refractivity contribution in [3.8, 4) is 0 Å². The molecule has 0 saturated carbocycles. The van der Waals surface area contributed by atoms with Crippen molar-refractivity contribution in [2.75, 3.05) is 46.3 Å². The third-order valence-corrected chi connectivity index (χ3v) is 3.31. The summed E-state index contributed by atoms with van der Waals surface area (Å²) in [4.78, 5) is 26.8. The maximum atomic E-state index is 11.6. The zero-order valence-electron chi connectivity index (χ0n) is 11.6. The van der Waals surface area contributed by atoms with Crippen molar-refractivity contribution in [2.24, 2.45) is 0 Å². The van der Waals surface area contributed by atoms with Crippen molar-refractivity contribution in [3.63, 3.8) is 0 Å². The van der Waals surface area contributed by atoms with E-state index in [1.165, 1.54) is 0 Å². The van der Waals surface area contributed by atoms with Gasteiger partial charge in [0.2, 0.25) is 5.91 Å². The lowest BCUT2D eigenvalue weighted by Crippen LogP contribution is -2.50. The zero-order chi connectivity index (χ0) is 13.4. The summed E-state index contributed by atoms with van der Waals surface area (Å²) < 4.78 is 0. The van der Waals surface area contributed by atoms with Gasteiger partial charge < -0.3 is 15.0 Å². The fraction of sp³-hybridized carbons (Fsp3) is 0.846. The van der Waals surface area contributed by atoms with Gasteiger partial charge in [-0.25, -0.2) is 0 Å². The third kappa shape index (κ3) is 5.60. The van der Waals surface area contributed by atoms with Gasteiger partial charge in [0.15, 0.2) is 0 Å². The van der Waals surface area contributed by atoms with E-state index < -0.39 is 0 Å². The van der Waals surface area contributed by atoms with Crippen LogP contribution >= 0.6 is 0 Å². The molecule has 1 aliphatic rings. The minimum Gasteiger partial charge on any atom is -0.339 e. The number of nitrogens with zero attached hydrogens (tertiary/aromatic N) is 2. The van der Waals surface area contributed by atoms with Crippen LogP contribution in [0.15, 0.2) is 0 Å². The number of hydrogen-bond acceptors (Lipinski definition) is 4. The summed E-state index contributed by atoms with van der Waals surface area (Å²) in [6.07, 6.45) is 2.75. The molecule has 1 fully saturated rings. The molecule has 1 N–H and O–H groups in total. The van der Waals surface area contributed by atoms with E-state index in [4.69, 9.17) is 0 Å². The largest absolute Gasteiger partial charge is 0.339 e. The molecule has 5 nitrogen and oxygen atoms in total. The molecule has 0 bridgehead atoms. The number of piperazine rings is 1. The highest BCUT2D eigenvalue weighted by molar-refractivity contribution is 5.78. The van der Waals surface area contributed by atoms with Crippen LogP contribution in [-0.4, -0.2) is 67.8 Å². The van der Waals surface area contributed by atoms with Gasteiger partial charge in [-0.1, -0.05) is 0 Å². The van der Waals surface area contributed by atoms with E-state index in [0.29, 0.717) is 13.0 Å². The van der Waals surface area contributed by atoms with E-state index in [1.54, 1.807) is 14.0 Å². The van der Waals surface area contributed by atoms with Gasteiger partial charge in [-0.05, 0) is 33.4 Å². The van der Waals surface area contributed by atoms with Crippen LogP contribution in [0.5, 0.6) is 0 Å². The minimum atomic E-state index is 0.189. The first-order valence-corrected chi connectivity index (χ1v) is 6.77. The molecule has 104 valence electrons. The van der Waals surface area contributed by atoms with Gasteiger partial charge in [-0.3, -0.25) is 9.69 Å². The van der Waals surface area contributed by atoms with E-state index in [0.717, 1.165) is 45.6 Å². The van der Waals surface area contributed by atoms with Crippen molar-refractivity contribution < 1.29 is 9.59 Å². The molecule has 0 aliphatic carbocycles. The molecule has 18 heavy (non-hydrogen) atoms. The van der Waals surface area contributed by atoms with Gasteiger partial charge in [0.05, 0.1) is 6.54 Å². The van der Waals surface area contributed by atoms with E-state index in [-0.39, 0.29) is 11.7 Å². The highest BCUT2D eigenvalue weighted by Gasteiger charge is 2.19. The number of hydrogen-bond donors (Lipinski definition) is 1. The Morgan fingerprint density at radius 2 is 1.78 bits per heavy atom. The number of carbonyl (C=O) groups excluding carboxylic acids is 2. The molecule has 0 aromatic heterocycles. The second-order valence-electron chi connectivity index (χ2n) is 4.91. The average molecular weight is 255 g/mol. The van der Waals surface area contributed by atoms with Crippen molar-refractivity contribution in [2.45, 2.75) is 26.2 Å². The van der Waals surface area contributed by atoms with Crippen LogP contribution < -0.4 is 5.32 Å². The predicted molar refractivity (Wildman–Crippen MR) is 71.5 cm³/mol. The van der Waals surface area contributed by atoms with Crippen molar-refractivity contribution in [1.29, 1.82) is 0 Å². The number of carbonyl (C=O) groups is 2. The molecular formula is C13H25N3O2. The van der Waals surface area contributed by atoms with Crippen LogP contribution in [-0.2, 0) is 9.59 Å². The van der Waals surface area contributed by atoms with Crippen LogP contribution in [0, 0.1) is 0 Å². The van der Waals surface area contributed by atoms with Crippen LogP contribution in [0.1, 0.15) is 26.2 Å². The molecular weight excluding hydrogens is 230 g/mol. The van der Waals surface area contributed by atoms with Gasteiger partial charge in [-0.2, -0.15) is 0 Å². The van der Waals surface area contributed by atoms with Gasteiger partial charge in [-0.15, -0.1) is 0 Å². The maximum Gasteiger partial charge on any atom is 0.236 e. The van der Waals surface area contributed by atoms with Gasteiger partial charge >= 0.3 is 0 Å². The Hall–Kier alpha value is -0.940. The zero-order valence-corrected chi connectivity index (χ0v) is 11.6. The van der Waals surface area contributed by atoms with Gasteiger partial charge in [0.1, 0.15) is 5.78 Å². The summed E-state index contributed by atoms with van der Waals surface area (Å²) in [5.41, 5.74) is 0. The summed E-state index contributed by atoms with van der Waals surface area (Å²) >= 11 is 0. The lowest BCUT2D eigenvalue weighted by atomic mass is 10.2. The van der Waals surface area contributed by atoms with Gasteiger partial charge in [0, 0.05) is 32.6 Å². The monoisotopic (exact) mass is 255 g/mol. The quantitative estimate of drug-likeness (QED) is 0.656. The van der Waals surface area contributed by atoms with Crippen LogP contribution in [0.3, 0.4) is 0 Å². The first kappa shape index (κ1) is 15.1. The third-order valence-electron chi connectivity index (χ3n) is 3.31. The molecule has 0 spiro atoms. The Kier molecular flexibility index (Phi) is 6.90. The number of unbranched alkanes of at least 4 members (excludes halogenated alkanes) is 1. The molecule has 1 amide bonds. The summed E-state index contributed by atoms with van der Waals surface area (Å²) in [5, 5.41) is 2.89. The maximum absolute atomic E-state index is 11.6. The Labute approximate surface area is 110 Å². The summed E-state index contributed by atoms with van der Waals surface area (Å²) in [5.74, 6) is 0.464. The normalized spacial score (nSPS) is 16.9. The highest BCUT2D eigenvalue weighted by atomic mass is 16.2. The number of ketones is 1. The Morgan fingerprint density at radius 3 is 2.33 bits per heavy atom. The first-order valence-electron chi connectivity index (χ1n) is 6.77. The average Bonchev–Trinajstić information content (AvgIpc) is 2.35. The fourth-order valence-corrected chi connectivity index (χ4v) is 2.19. The Morgan fingerprint density at radius 1 is 1.11 bits per heavy atom. The van der Waals surface area contributed by atoms with Crippen LogP contribution in [0.4, 0.5) is 0 Å². The smallest absolute Gasteiger partial charge is 0.236 e.